The van der Waals surface area contributed by atoms with Crippen LogP contribution in [0.5, 0.6) is 0 Å². The molecule has 86 valence electrons. The van der Waals surface area contributed by atoms with Crippen LogP contribution in [0.25, 0.3) is 0 Å². The highest BCUT2D eigenvalue weighted by molar-refractivity contribution is 5.86. The van der Waals surface area contributed by atoms with E-state index >= 15 is 0 Å². The summed E-state index contributed by atoms with van der Waals surface area (Å²) in [6, 6.07) is -0.278. The minimum absolute atomic E-state index is 0.0401. The largest absolute Gasteiger partial charge is 0.444 e. The quantitative estimate of drug-likeness (QED) is 0.669. The van der Waals surface area contributed by atoms with E-state index in [0.29, 0.717) is 6.54 Å². The summed E-state index contributed by atoms with van der Waals surface area (Å²) in [5, 5.41) is 0. The van der Waals surface area contributed by atoms with Gasteiger partial charge in [-0.3, -0.25) is 9.69 Å². The molecule has 0 aromatic heterocycles. The van der Waals surface area contributed by atoms with Gasteiger partial charge in [-0.1, -0.05) is 0 Å². The smallest absolute Gasteiger partial charge is 0.410 e. The van der Waals surface area contributed by atoms with E-state index in [1.807, 2.05) is 20.8 Å². The van der Waals surface area contributed by atoms with Gasteiger partial charge in [-0.05, 0) is 40.5 Å². The Morgan fingerprint density at radius 3 is 2.40 bits per heavy atom. The van der Waals surface area contributed by atoms with E-state index in [-0.39, 0.29) is 17.9 Å². The fraction of sp³-hybridized carbons (Fsp3) is 0.818. The van der Waals surface area contributed by atoms with E-state index < -0.39 is 5.60 Å². The summed E-state index contributed by atoms with van der Waals surface area (Å²) in [6.45, 7) is 7.61. The molecule has 1 amide bonds. The number of ketones is 1. The zero-order chi connectivity index (χ0) is 11.6. The molecule has 0 N–H and O–H groups in total. The summed E-state index contributed by atoms with van der Waals surface area (Å²) >= 11 is 0. The third-order valence-electron chi connectivity index (χ3n) is 2.35. The van der Waals surface area contributed by atoms with Gasteiger partial charge in [0.05, 0.1) is 6.04 Å². The maximum absolute atomic E-state index is 11.7. The molecule has 15 heavy (non-hydrogen) atoms. The summed E-state index contributed by atoms with van der Waals surface area (Å²) in [6.07, 6.45) is 1.26. The first-order valence-corrected chi connectivity index (χ1v) is 5.31. The van der Waals surface area contributed by atoms with E-state index in [2.05, 4.69) is 0 Å². The summed E-state index contributed by atoms with van der Waals surface area (Å²) in [5.74, 6) is 0.0401. The third kappa shape index (κ3) is 3.22. The molecule has 0 saturated carbocycles. The molecule has 0 unspecified atom stereocenters. The van der Waals surface area contributed by atoms with Crippen molar-refractivity contribution >= 4 is 11.9 Å². The first-order valence-electron chi connectivity index (χ1n) is 5.31. The maximum Gasteiger partial charge on any atom is 0.410 e. The predicted molar refractivity (Wildman–Crippen MR) is 56.6 cm³/mol. The number of carbonyl (C=O) groups excluding carboxylic acids is 2. The number of hydrogen-bond donors (Lipinski definition) is 0. The Hall–Kier alpha value is -1.06. The molecule has 0 spiro atoms. The highest BCUT2D eigenvalue weighted by Gasteiger charge is 2.34. The second-order valence-electron chi connectivity index (χ2n) is 4.94. The van der Waals surface area contributed by atoms with Crippen LogP contribution >= 0.6 is 0 Å². The average molecular weight is 213 g/mol. The molecule has 4 heteroatoms. The van der Waals surface area contributed by atoms with Gasteiger partial charge in [-0.25, -0.2) is 4.79 Å². The lowest BCUT2D eigenvalue weighted by Crippen LogP contribution is -2.42. The van der Waals surface area contributed by atoms with Gasteiger partial charge in [0, 0.05) is 6.54 Å². The van der Waals surface area contributed by atoms with Crippen LogP contribution in [-0.4, -0.2) is 35.0 Å². The van der Waals surface area contributed by atoms with Gasteiger partial charge in [0.1, 0.15) is 5.60 Å². The Bertz CT molecular complexity index is 267. The van der Waals surface area contributed by atoms with Crippen LogP contribution < -0.4 is 0 Å². The van der Waals surface area contributed by atoms with Crippen molar-refractivity contribution in [3.63, 3.8) is 0 Å². The molecule has 4 nitrogen and oxygen atoms in total. The van der Waals surface area contributed by atoms with E-state index in [4.69, 9.17) is 4.74 Å². The fourth-order valence-electron chi connectivity index (χ4n) is 1.73. The molecule has 1 saturated heterocycles. The lowest BCUT2D eigenvalue weighted by Gasteiger charge is -2.27. The van der Waals surface area contributed by atoms with Gasteiger partial charge >= 0.3 is 6.09 Å². The van der Waals surface area contributed by atoms with Crippen molar-refractivity contribution in [3.05, 3.63) is 0 Å². The summed E-state index contributed by atoms with van der Waals surface area (Å²) in [4.78, 5) is 24.5. The summed E-state index contributed by atoms with van der Waals surface area (Å²) in [5.41, 5.74) is -0.499. The van der Waals surface area contributed by atoms with Crippen molar-refractivity contribution in [2.45, 2.75) is 52.2 Å². The van der Waals surface area contributed by atoms with Crippen LogP contribution in [0.4, 0.5) is 4.79 Å². The van der Waals surface area contributed by atoms with Gasteiger partial charge in [0.15, 0.2) is 5.78 Å². The zero-order valence-corrected chi connectivity index (χ0v) is 9.87. The van der Waals surface area contributed by atoms with Crippen LogP contribution in [0, 0.1) is 0 Å². The molecule has 1 aliphatic heterocycles. The molecule has 1 rings (SSSR count). The molecule has 0 aliphatic carbocycles. The van der Waals surface area contributed by atoms with Crippen LogP contribution in [0.3, 0.4) is 0 Å². The van der Waals surface area contributed by atoms with Crippen molar-refractivity contribution in [3.8, 4) is 0 Å². The minimum Gasteiger partial charge on any atom is -0.444 e. The molecular formula is C11H19NO3. The highest BCUT2D eigenvalue weighted by atomic mass is 16.6. The first-order chi connectivity index (χ1) is 6.81. The molecule has 0 aromatic carbocycles. The number of hydrogen-bond acceptors (Lipinski definition) is 3. The van der Waals surface area contributed by atoms with Crippen LogP contribution in [0.1, 0.15) is 40.5 Å². The third-order valence-corrected chi connectivity index (χ3v) is 2.35. The second kappa shape index (κ2) is 4.21. The molecule has 0 aromatic rings. The fourth-order valence-corrected chi connectivity index (χ4v) is 1.73. The number of nitrogens with zero attached hydrogens (tertiary/aromatic N) is 1. The molecule has 1 fully saturated rings. The molecule has 0 radical (unpaired) electrons. The van der Waals surface area contributed by atoms with Gasteiger partial charge in [0.2, 0.25) is 0 Å². The number of Topliss-reactive ketones (excluding diaryl/α,β-unsaturated/α-hetero) is 1. The zero-order valence-electron chi connectivity index (χ0n) is 9.87. The highest BCUT2D eigenvalue weighted by Crippen LogP contribution is 2.21. The van der Waals surface area contributed by atoms with Gasteiger partial charge < -0.3 is 4.74 Å². The van der Waals surface area contributed by atoms with Gasteiger partial charge in [0.25, 0.3) is 0 Å². The first kappa shape index (κ1) is 12.0. The summed E-state index contributed by atoms with van der Waals surface area (Å²) < 4.78 is 5.24. The molecule has 1 aliphatic rings. The second-order valence-corrected chi connectivity index (χ2v) is 4.94. The topological polar surface area (TPSA) is 46.6 Å². The van der Waals surface area contributed by atoms with Crippen molar-refractivity contribution < 1.29 is 14.3 Å². The van der Waals surface area contributed by atoms with Crippen molar-refractivity contribution in [2.75, 3.05) is 6.54 Å². The number of ether oxygens (including phenoxy) is 1. The Labute approximate surface area is 90.6 Å². The van der Waals surface area contributed by atoms with Gasteiger partial charge in [-0.2, -0.15) is 0 Å². The lowest BCUT2D eigenvalue weighted by molar-refractivity contribution is -0.121. The number of likely N-dealkylation sites (tertiary alicyclic amines) is 1. The van der Waals surface area contributed by atoms with Crippen LogP contribution in [0.15, 0.2) is 0 Å². The Morgan fingerprint density at radius 1 is 1.33 bits per heavy atom. The van der Waals surface area contributed by atoms with E-state index in [0.717, 1.165) is 12.8 Å². The van der Waals surface area contributed by atoms with Crippen molar-refractivity contribution in [1.29, 1.82) is 0 Å². The van der Waals surface area contributed by atoms with E-state index in [1.54, 1.807) is 0 Å². The molecule has 1 atom stereocenters. The Balaban J connectivity index is 2.63. The van der Waals surface area contributed by atoms with Crippen LogP contribution in [0.2, 0.25) is 0 Å². The predicted octanol–water partition coefficient (Wildman–Crippen LogP) is 1.97. The minimum atomic E-state index is -0.499. The Kier molecular flexibility index (Phi) is 3.37. The molecule has 1 heterocycles. The lowest BCUT2D eigenvalue weighted by atomic mass is 10.1. The normalized spacial score (nSPS) is 21.6. The number of amides is 1. The standard InChI is InChI=1S/C11H19NO3/c1-8(13)9-6-5-7-12(9)10(14)15-11(2,3)4/h9H,5-7H2,1-4H3/t9-/m0/s1. The monoisotopic (exact) mass is 213 g/mol. The average Bonchev–Trinajstić information content (AvgIpc) is 2.47. The number of carbonyl (C=O) groups is 2. The van der Waals surface area contributed by atoms with Gasteiger partial charge in [-0.15, -0.1) is 0 Å². The van der Waals surface area contributed by atoms with Crippen molar-refractivity contribution in [2.24, 2.45) is 0 Å². The number of rotatable bonds is 1. The molecule has 0 bridgehead atoms. The van der Waals surface area contributed by atoms with Crippen LogP contribution in [-0.2, 0) is 9.53 Å². The maximum atomic E-state index is 11.7. The summed E-state index contributed by atoms with van der Waals surface area (Å²) in [7, 11) is 0. The SMILES string of the molecule is CC(=O)[C@@H]1CCCN1C(=O)OC(C)(C)C. The van der Waals surface area contributed by atoms with E-state index in [1.165, 1.54) is 11.8 Å². The Morgan fingerprint density at radius 2 is 1.93 bits per heavy atom. The molecular weight excluding hydrogens is 194 g/mol. The van der Waals surface area contributed by atoms with Crippen molar-refractivity contribution in [1.82, 2.24) is 4.90 Å². The van der Waals surface area contributed by atoms with E-state index in [9.17, 15) is 9.59 Å².